The minimum Gasteiger partial charge on any atom is -0.392 e. The van der Waals surface area contributed by atoms with Crippen LogP contribution in [0.15, 0.2) is 18.2 Å². The summed E-state index contributed by atoms with van der Waals surface area (Å²) in [5, 5.41) is 15.5. The molecule has 120 valence electrons. The maximum absolute atomic E-state index is 12.1. The number of hydrogen-bond acceptors (Lipinski definition) is 3. The van der Waals surface area contributed by atoms with Gasteiger partial charge in [0.05, 0.1) is 22.6 Å². The van der Waals surface area contributed by atoms with Crippen LogP contribution in [0.2, 0.25) is 5.02 Å². The van der Waals surface area contributed by atoms with E-state index in [0.717, 1.165) is 12.8 Å². The lowest BCUT2D eigenvalue weighted by Crippen LogP contribution is -2.28. The Labute approximate surface area is 135 Å². The molecule has 0 bridgehead atoms. The first-order valence-electron chi connectivity index (χ1n) is 7.59. The van der Waals surface area contributed by atoms with E-state index in [1.54, 1.807) is 18.2 Å². The summed E-state index contributed by atoms with van der Waals surface area (Å²) in [5.74, 6) is -0.800. The predicted octanol–water partition coefficient (Wildman–Crippen LogP) is 2.58. The molecule has 0 spiro atoms. The first-order chi connectivity index (χ1) is 10.5. The van der Waals surface area contributed by atoms with Gasteiger partial charge in [-0.2, -0.15) is 0 Å². The van der Waals surface area contributed by atoms with Gasteiger partial charge in [0, 0.05) is 12.2 Å². The predicted molar refractivity (Wildman–Crippen MR) is 86.1 cm³/mol. The minimum absolute atomic E-state index is 0.204. The fourth-order valence-electron chi connectivity index (χ4n) is 2.59. The average Bonchev–Trinajstić information content (AvgIpc) is 2.91. The largest absolute Gasteiger partial charge is 0.392 e. The van der Waals surface area contributed by atoms with Crippen LogP contribution in [0.4, 0.5) is 5.69 Å². The summed E-state index contributed by atoms with van der Waals surface area (Å²) in [6.45, 7) is 2.56. The number of carbonyl (C=O) groups is 2. The molecule has 1 fully saturated rings. The Balaban J connectivity index is 2.03. The fourth-order valence-corrected chi connectivity index (χ4v) is 2.86. The zero-order valence-electron chi connectivity index (χ0n) is 12.6. The summed E-state index contributed by atoms with van der Waals surface area (Å²) in [6.07, 6.45) is 2.49. The Morgan fingerprint density at radius 2 is 2.14 bits per heavy atom. The highest BCUT2D eigenvalue weighted by molar-refractivity contribution is 6.34. The fraction of sp³-hybridized carbons (Fsp3) is 0.500. The van der Waals surface area contributed by atoms with Crippen molar-refractivity contribution in [3.63, 3.8) is 0 Å². The molecular formula is C16H21ClN2O3. The van der Waals surface area contributed by atoms with Gasteiger partial charge in [0.15, 0.2) is 0 Å². The standard InChI is InChI=1S/C16H21ClN2O3/c1-2-8-18-15(21)11-7-6-10(9-13(11)17)19-16(22)12-4-3-5-14(12)20/h6-7,9,12,14,20H,2-5,8H2,1H3,(H,18,21)(H,19,22). The summed E-state index contributed by atoms with van der Waals surface area (Å²) in [4.78, 5) is 24.0. The number of amides is 2. The van der Waals surface area contributed by atoms with Crippen LogP contribution in [0.5, 0.6) is 0 Å². The summed E-state index contributed by atoms with van der Waals surface area (Å²) in [5.41, 5.74) is 0.912. The lowest BCUT2D eigenvalue weighted by Gasteiger charge is -2.15. The molecule has 6 heteroatoms. The molecule has 1 aliphatic carbocycles. The van der Waals surface area contributed by atoms with Gasteiger partial charge in [-0.05, 0) is 43.9 Å². The molecule has 0 aromatic heterocycles. The second kappa shape index (κ2) is 7.61. The van der Waals surface area contributed by atoms with Crippen LogP contribution in [-0.4, -0.2) is 29.6 Å². The third-order valence-electron chi connectivity index (χ3n) is 3.83. The molecule has 2 amide bonds. The van der Waals surface area contributed by atoms with Crippen LogP contribution >= 0.6 is 11.6 Å². The average molecular weight is 325 g/mol. The molecule has 3 N–H and O–H groups in total. The van der Waals surface area contributed by atoms with E-state index < -0.39 is 6.10 Å². The van der Waals surface area contributed by atoms with E-state index in [9.17, 15) is 14.7 Å². The Bertz CT molecular complexity index is 562. The van der Waals surface area contributed by atoms with Gasteiger partial charge < -0.3 is 15.7 Å². The van der Waals surface area contributed by atoms with Crippen molar-refractivity contribution in [1.29, 1.82) is 0 Å². The van der Waals surface area contributed by atoms with E-state index in [2.05, 4.69) is 10.6 Å². The number of rotatable bonds is 5. The number of nitrogens with one attached hydrogen (secondary N) is 2. The van der Waals surface area contributed by atoms with Crippen molar-refractivity contribution in [3.05, 3.63) is 28.8 Å². The summed E-state index contributed by atoms with van der Waals surface area (Å²) >= 11 is 6.11. The number of benzene rings is 1. The number of anilines is 1. The molecule has 1 aliphatic rings. The molecule has 0 radical (unpaired) electrons. The highest BCUT2D eigenvalue weighted by Gasteiger charge is 2.31. The number of aliphatic hydroxyl groups is 1. The zero-order chi connectivity index (χ0) is 16.1. The van der Waals surface area contributed by atoms with Gasteiger partial charge in [0.1, 0.15) is 0 Å². The van der Waals surface area contributed by atoms with E-state index >= 15 is 0 Å². The highest BCUT2D eigenvalue weighted by Crippen LogP contribution is 2.27. The summed E-state index contributed by atoms with van der Waals surface area (Å²) < 4.78 is 0. The number of halogens is 1. The van der Waals surface area contributed by atoms with Crippen molar-refractivity contribution in [2.45, 2.75) is 38.7 Å². The highest BCUT2D eigenvalue weighted by atomic mass is 35.5. The molecule has 1 saturated carbocycles. The van der Waals surface area contributed by atoms with Crippen LogP contribution in [0, 0.1) is 5.92 Å². The smallest absolute Gasteiger partial charge is 0.252 e. The third-order valence-corrected chi connectivity index (χ3v) is 4.15. The Morgan fingerprint density at radius 3 is 2.73 bits per heavy atom. The van der Waals surface area contributed by atoms with Crippen molar-refractivity contribution >= 4 is 29.1 Å². The molecule has 1 aromatic carbocycles. The normalized spacial score (nSPS) is 20.7. The van der Waals surface area contributed by atoms with Gasteiger partial charge in [-0.3, -0.25) is 9.59 Å². The topological polar surface area (TPSA) is 78.4 Å². The van der Waals surface area contributed by atoms with Gasteiger partial charge in [-0.25, -0.2) is 0 Å². The molecule has 1 aromatic rings. The maximum Gasteiger partial charge on any atom is 0.252 e. The van der Waals surface area contributed by atoms with Crippen molar-refractivity contribution in [1.82, 2.24) is 5.32 Å². The van der Waals surface area contributed by atoms with Gasteiger partial charge in [-0.15, -0.1) is 0 Å². The molecule has 2 atom stereocenters. The van der Waals surface area contributed by atoms with Gasteiger partial charge in [0.2, 0.25) is 5.91 Å². The van der Waals surface area contributed by atoms with Crippen LogP contribution in [0.1, 0.15) is 43.0 Å². The van der Waals surface area contributed by atoms with Crippen molar-refractivity contribution < 1.29 is 14.7 Å². The van der Waals surface area contributed by atoms with Crippen molar-refractivity contribution in [2.24, 2.45) is 5.92 Å². The Kier molecular flexibility index (Phi) is 5.80. The number of aliphatic hydroxyl groups excluding tert-OH is 1. The monoisotopic (exact) mass is 324 g/mol. The Morgan fingerprint density at radius 1 is 1.36 bits per heavy atom. The molecule has 0 aliphatic heterocycles. The third kappa shape index (κ3) is 3.99. The second-order valence-electron chi connectivity index (χ2n) is 5.54. The van der Waals surface area contributed by atoms with E-state index in [0.29, 0.717) is 35.7 Å². The molecule has 2 rings (SSSR count). The van der Waals surface area contributed by atoms with Crippen LogP contribution < -0.4 is 10.6 Å². The quantitative estimate of drug-likeness (QED) is 0.779. The Hall–Kier alpha value is -1.59. The summed E-state index contributed by atoms with van der Waals surface area (Å²) in [7, 11) is 0. The lowest BCUT2D eigenvalue weighted by molar-refractivity contribution is -0.122. The van der Waals surface area contributed by atoms with Crippen LogP contribution in [-0.2, 0) is 4.79 Å². The van der Waals surface area contributed by atoms with Crippen LogP contribution in [0.3, 0.4) is 0 Å². The lowest BCUT2D eigenvalue weighted by atomic mass is 10.1. The number of hydrogen-bond donors (Lipinski definition) is 3. The van der Waals surface area contributed by atoms with E-state index in [-0.39, 0.29) is 17.7 Å². The minimum atomic E-state index is -0.574. The molecule has 0 heterocycles. The van der Waals surface area contributed by atoms with Crippen molar-refractivity contribution in [2.75, 3.05) is 11.9 Å². The molecule has 5 nitrogen and oxygen atoms in total. The molecular weight excluding hydrogens is 304 g/mol. The van der Waals surface area contributed by atoms with Crippen molar-refractivity contribution in [3.8, 4) is 0 Å². The SMILES string of the molecule is CCCNC(=O)c1ccc(NC(=O)C2CCCC2O)cc1Cl. The first-order valence-corrected chi connectivity index (χ1v) is 7.97. The van der Waals surface area contributed by atoms with Crippen LogP contribution in [0.25, 0.3) is 0 Å². The van der Waals surface area contributed by atoms with E-state index in [1.165, 1.54) is 0 Å². The number of carbonyl (C=O) groups excluding carboxylic acids is 2. The molecule has 0 saturated heterocycles. The maximum atomic E-state index is 12.1. The zero-order valence-corrected chi connectivity index (χ0v) is 13.3. The first kappa shape index (κ1) is 16.8. The van der Waals surface area contributed by atoms with E-state index in [1.807, 2.05) is 6.92 Å². The van der Waals surface area contributed by atoms with E-state index in [4.69, 9.17) is 11.6 Å². The van der Waals surface area contributed by atoms with Gasteiger partial charge in [0.25, 0.3) is 5.91 Å². The second-order valence-corrected chi connectivity index (χ2v) is 5.95. The summed E-state index contributed by atoms with van der Waals surface area (Å²) in [6, 6.07) is 4.79. The van der Waals surface area contributed by atoms with Gasteiger partial charge in [-0.1, -0.05) is 18.5 Å². The van der Waals surface area contributed by atoms with Gasteiger partial charge >= 0.3 is 0 Å². The molecule has 22 heavy (non-hydrogen) atoms. The molecule has 2 unspecified atom stereocenters.